The first kappa shape index (κ1) is 33.7. The SMILES string of the molecule is CC1(S(=O)(=O)NC(=O)[C@@]23C[C@@H]2/C=C\CCCCC[C@H](NCc2ccccc2)C(=O)N2C[C@H](Oc4nc5ccccc5s4)C[C@H]2C(=O)N3)CC1. The molecule has 0 radical (unpaired) electrons. The van der Waals surface area contributed by atoms with Gasteiger partial charge >= 0.3 is 0 Å². The molecule has 11 nitrogen and oxygen atoms in total. The van der Waals surface area contributed by atoms with Crippen LogP contribution in [0.2, 0.25) is 0 Å². The first-order valence-corrected chi connectivity index (χ1v) is 19.5. The van der Waals surface area contributed by atoms with Crippen molar-refractivity contribution in [3.05, 3.63) is 72.3 Å². The van der Waals surface area contributed by atoms with E-state index in [0.717, 1.165) is 41.5 Å². The van der Waals surface area contributed by atoms with Crippen molar-refractivity contribution < 1.29 is 27.5 Å². The molecule has 3 amide bonds. The van der Waals surface area contributed by atoms with Crippen molar-refractivity contribution in [3.63, 3.8) is 0 Å². The number of thiazole rings is 1. The lowest BCUT2D eigenvalue weighted by molar-refractivity contribution is -0.141. The van der Waals surface area contributed by atoms with Crippen molar-refractivity contribution in [1.82, 2.24) is 25.2 Å². The third-order valence-electron chi connectivity index (χ3n) is 10.4. The van der Waals surface area contributed by atoms with Crippen LogP contribution in [0.25, 0.3) is 10.2 Å². The summed E-state index contributed by atoms with van der Waals surface area (Å²) in [6, 6.07) is 16.1. The summed E-state index contributed by atoms with van der Waals surface area (Å²) in [4.78, 5) is 48.6. The predicted molar refractivity (Wildman–Crippen MR) is 187 cm³/mol. The lowest BCUT2D eigenvalue weighted by Crippen LogP contribution is -2.58. The Kier molecular flexibility index (Phi) is 9.27. The van der Waals surface area contributed by atoms with Crippen LogP contribution >= 0.6 is 11.3 Å². The van der Waals surface area contributed by atoms with Crippen molar-refractivity contribution >= 4 is 49.3 Å². The number of benzene rings is 2. The molecule has 4 aliphatic rings. The molecule has 3 aromatic rings. The van der Waals surface area contributed by atoms with Gasteiger partial charge in [-0.15, -0.1) is 0 Å². The summed E-state index contributed by atoms with van der Waals surface area (Å²) < 4.78 is 34.8. The average molecular weight is 706 g/mol. The number of carbonyl (C=O) groups excluding carboxylic acids is 3. The largest absolute Gasteiger partial charge is 0.465 e. The Morgan fingerprint density at radius 3 is 2.63 bits per heavy atom. The normalized spacial score (nSPS) is 29.1. The second kappa shape index (κ2) is 13.5. The van der Waals surface area contributed by atoms with Crippen LogP contribution in [0.4, 0.5) is 0 Å². The molecule has 3 fully saturated rings. The molecule has 2 aliphatic carbocycles. The van der Waals surface area contributed by atoms with Crippen molar-refractivity contribution in [2.75, 3.05) is 6.54 Å². The maximum Gasteiger partial charge on any atom is 0.274 e. The number of rotatable bonds is 8. The zero-order valence-electron chi connectivity index (χ0n) is 27.6. The van der Waals surface area contributed by atoms with E-state index in [-0.39, 0.29) is 31.2 Å². The Hall–Kier alpha value is -3.81. The molecule has 2 saturated carbocycles. The van der Waals surface area contributed by atoms with Crippen LogP contribution in [0.5, 0.6) is 5.19 Å². The van der Waals surface area contributed by atoms with E-state index in [9.17, 15) is 22.8 Å². The first-order chi connectivity index (χ1) is 23.6. The Balaban J connectivity index is 1.16. The molecular formula is C36H43N5O6S2. The Morgan fingerprint density at radius 1 is 1.08 bits per heavy atom. The van der Waals surface area contributed by atoms with Gasteiger partial charge in [0.05, 0.1) is 27.6 Å². The van der Waals surface area contributed by atoms with Crippen LogP contribution in [-0.4, -0.2) is 71.0 Å². The minimum atomic E-state index is -3.92. The molecule has 0 bridgehead atoms. The maximum atomic E-state index is 14.4. The van der Waals surface area contributed by atoms with E-state index in [1.165, 1.54) is 11.3 Å². The lowest BCUT2D eigenvalue weighted by Gasteiger charge is -2.30. The number of hydrogen-bond acceptors (Lipinski definition) is 9. The van der Waals surface area contributed by atoms with Crippen LogP contribution in [0.3, 0.4) is 0 Å². The number of amides is 3. The number of allylic oxidation sites excluding steroid dienone is 1. The van der Waals surface area contributed by atoms with Crippen molar-refractivity contribution in [2.24, 2.45) is 5.92 Å². The third-order valence-corrected chi connectivity index (χ3v) is 13.5. The molecule has 0 unspecified atom stereocenters. The van der Waals surface area contributed by atoms with Crippen molar-refractivity contribution in [2.45, 2.75) is 99.7 Å². The summed E-state index contributed by atoms with van der Waals surface area (Å²) in [6.07, 6.45) is 8.91. The van der Waals surface area contributed by atoms with Crippen LogP contribution in [-0.2, 0) is 31.0 Å². The number of aromatic nitrogens is 1. The molecule has 49 heavy (non-hydrogen) atoms. The van der Waals surface area contributed by atoms with Gasteiger partial charge in [-0.1, -0.05) is 78.8 Å². The highest BCUT2D eigenvalue weighted by Gasteiger charge is 2.63. The first-order valence-electron chi connectivity index (χ1n) is 17.2. The number of fused-ring (bicyclic) bond motifs is 3. The molecule has 1 aromatic heterocycles. The molecule has 3 N–H and O–H groups in total. The van der Waals surface area contributed by atoms with Gasteiger partial charge in [0, 0.05) is 18.9 Å². The smallest absolute Gasteiger partial charge is 0.274 e. The summed E-state index contributed by atoms with van der Waals surface area (Å²) in [5.74, 6) is -1.78. The van der Waals surface area contributed by atoms with E-state index in [4.69, 9.17) is 4.74 Å². The minimum Gasteiger partial charge on any atom is -0.465 e. The van der Waals surface area contributed by atoms with E-state index >= 15 is 0 Å². The third kappa shape index (κ3) is 7.11. The van der Waals surface area contributed by atoms with Gasteiger partial charge < -0.3 is 20.3 Å². The summed E-state index contributed by atoms with van der Waals surface area (Å²) in [6.45, 7) is 2.29. The van der Waals surface area contributed by atoms with Gasteiger partial charge in [-0.05, 0) is 63.1 Å². The lowest BCUT2D eigenvalue weighted by atomic mass is 10.0. The molecule has 2 aliphatic heterocycles. The van der Waals surface area contributed by atoms with Crippen LogP contribution in [0.1, 0.15) is 70.3 Å². The molecule has 0 spiro atoms. The van der Waals surface area contributed by atoms with Crippen molar-refractivity contribution in [3.8, 4) is 5.19 Å². The molecule has 5 atom stereocenters. The van der Waals surface area contributed by atoms with Gasteiger partial charge in [0.25, 0.3) is 11.1 Å². The second-order valence-electron chi connectivity index (χ2n) is 14.1. The molecule has 1 saturated heterocycles. The zero-order valence-corrected chi connectivity index (χ0v) is 29.2. The summed E-state index contributed by atoms with van der Waals surface area (Å²) in [7, 11) is -3.92. The van der Waals surface area contributed by atoms with Gasteiger partial charge in [0.15, 0.2) is 0 Å². The van der Waals surface area contributed by atoms with Crippen LogP contribution < -0.4 is 20.1 Å². The fourth-order valence-electron chi connectivity index (χ4n) is 6.88. The topological polar surface area (TPSA) is 147 Å². The summed E-state index contributed by atoms with van der Waals surface area (Å²) >= 11 is 1.41. The molecular weight excluding hydrogens is 663 g/mol. The Bertz CT molecular complexity index is 1830. The highest BCUT2D eigenvalue weighted by molar-refractivity contribution is 7.91. The molecule has 13 heteroatoms. The maximum absolute atomic E-state index is 14.4. The number of ether oxygens (including phenoxy) is 1. The summed E-state index contributed by atoms with van der Waals surface area (Å²) in [5, 5.41) is 6.87. The highest BCUT2D eigenvalue weighted by atomic mass is 32.2. The monoisotopic (exact) mass is 705 g/mol. The minimum absolute atomic E-state index is 0.172. The molecule has 2 aromatic carbocycles. The zero-order chi connectivity index (χ0) is 34.2. The number of sulfonamides is 1. The van der Waals surface area contributed by atoms with Crippen LogP contribution in [0, 0.1) is 5.92 Å². The molecule has 7 rings (SSSR count). The standard InChI is InChI=1S/C36H43N5O6S2/c1-35(18-19-35)49(45,46)40-33(44)36-21-25(36)14-8-3-2-4-9-16-28(37-22-24-12-6-5-7-13-24)32(43)41-23-26(20-29(41)31(42)39-36)47-34-38-27-15-10-11-17-30(27)48-34/h5-8,10-15,17,25-26,28-29,37H,2-4,9,16,18-23H2,1H3,(H,39,42)(H,40,44)/b14-8-/t25-,26+,28-,29-,36+/m0/s1. The van der Waals surface area contributed by atoms with E-state index in [1.807, 2.05) is 66.7 Å². The van der Waals surface area contributed by atoms with E-state index in [2.05, 4.69) is 20.3 Å². The predicted octanol–water partition coefficient (Wildman–Crippen LogP) is 4.20. The average Bonchev–Trinajstić information content (AvgIpc) is 3.89. The fraction of sp³-hybridized carbons (Fsp3) is 0.500. The molecule has 3 heterocycles. The number of nitrogens with one attached hydrogen (secondary N) is 3. The number of nitrogens with zero attached hydrogens (tertiary/aromatic N) is 2. The Labute approximate surface area is 290 Å². The van der Waals surface area contributed by atoms with Gasteiger partial charge in [0.2, 0.25) is 21.8 Å². The van der Waals surface area contributed by atoms with Crippen molar-refractivity contribution in [1.29, 1.82) is 0 Å². The quantitative estimate of drug-likeness (QED) is 0.296. The van der Waals surface area contributed by atoms with Gasteiger partial charge in [-0.2, -0.15) is 0 Å². The van der Waals surface area contributed by atoms with E-state index in [1.54, 1.807) is 11.8 Å². The van der Waals surface area contributed by atoms with Gasteiger partial charge in [-0.25, -0.2) is 13.4 Å². The number of hydrogen-bond donors (Lipinski definition) is 3. The highest BCUT2D eigenvalue weighted by Crippen LogP contribution is 2.47. The van der Waals surface area contributed by atoms with Gasteiger partial charge in [0.1, 0.15) is 17.7 Å². The fourth-order valence-corrected chi connectivity index (χ4v) is 9.08. The van der Waals surface area contributed by atoms with E-state index in [0.29, 0.717) is 31.0 Å². The number of para-hydroxylation sites is 1. The summed E-state index contributed by atoms with van der Waals surface area (Å²) in [5.41, 5.74) is 0.439. The number of carbonyl (C=O) groups is 3. The molecule has 260 valence electrons. The van der Waals surface area contributed by atoms with Gasteiger partial charge in [-0.3, -0.25) is 19.1 Å². The second-order valence-corrected chi connectivity index (χ2v) is 17.3. The Morgan fingerprint density at radius 2 is 1.86 bits per heavy atom. The van der Waals surface area contributed by atoms with Crippen LogP contribution in [0.15, 0.2) is 66.7 Å². The van der Waals surface area contributed by atoms with E-state index < -0.39 is 50.3 Å².